The standard InChI is InChI=1S/C26H44N2O6/c1-3-4-5-6-7-8-9-10-11-12-13-14-15-16-23(31)26(17-21(30)22(19-29)34-26)28-18-20(2)24(32)27-25(28)33/h18,21-22,29-30H,3-17,19H2,1-2H3,(H,27,32,33)/t21-,22+,26-/m0/s1. The zero-order chi connectivity index (χ0) is 25.0. The van der Waals surface area contributed by atoms with Crippen LogP contribution in [0.3, 0.4) is 0 Å². The summed E-state index contributed by atoms with van der Waals surface area (Å²) >= 11 is 0. The quantitative estimate of drug-likeness (QED) is 0.292. The van der Waals surface area contributed by atoms with Crippen molar-refractivity contribution in [2.24, 2.45) is 0 Å². The summed E-state index contributed by atoms with van der Waals surface area (Å²) in [6, 6.07) is 0. The van der Waals surface area contributed by atoms with Crippen LogP contribution in [0.4, 0.5) is 0 Å². The molecule has 1 saturated heterocycles. The maximum absolute atomic E-state index is 13.3. The van der Waals surface area contributed by atoms with E-state index in [0.717, 1.165) is 23.8 Å². The lowest BCUT2D eigenvalue weighted by atomic mass is 9.96. The predicted molar refractivity (Wildman–Crippen MR) is 132 cm³/mol. The fourth-order valence-electron chi connectivity index (χ4n) is 4.75. The Balaban J connectivity index is 1.80. The van der Waals surface area contributed by atoms with E-state index in [9.17, 15) is 24.6 Å². The van der Waals surface area contributed by atoms with Gasteiger partial charge in [0.2, 0.25) is 5.72 Å². The van der Waals surface area contributed by atoms with E-state index in [1.807, 2.05) is 0 Å². The summed E-state index contributed by atoms with van der Waals surface area (Å²) in [6.45, 7) is 3.31. The molecule has 8 nitrogen and oxygen atoms in total. The maximum atomic E-state index is 13.3. The third-order valence-electron chi connectivity index (χ3n) is 6.89. The SMILES string of the molecule is CCCCCCCCCCCCCCCC(=O)[C@]1(n2cc(C)c(=O)[nH]c2=O)C[C@H](O)[C@@H](CO)O1. The Morgan fingerprint density at radius 1 is 1.03 bits per heavy atom. The number of hydrogen-bond donors (Lipinski definition) is 3. The van der Waals surface area contributed by atoms with Crippen LogP contribution in [0, 0.1) is 6.92 Å². The van der Waals surface area contributed by atoms with Crippen molar-refractivity contribution >= 4 is 5.78 Å². The van der Waals surface area contributed by atoms with Crippen LogP contribution in [-0.4, -0.2) is 44.4 Å². The highest BCUT2D eigenvalue weighted by molar-refractivity contribution is 5.85. The summed E-state index contributed by atoms with van der Waals surface area (Å²) in [5, 5.41) is 19.8. The van der Waals surface area contributed by atoms with Crippen molar-refractivity contribution < 1.29 is 19.7 Å². The van der Waals surface area contributed by atoms with Crippen LogP contribution in [0.2, 0.25) is 0 Å². The van der Waals surface area contributed by atoms with Crippen LogP contribution >= 0.6 is 0 Å². The minimum atomic E-state index is -1.71. The van der Waals surface area contributed by atoms with E-state index in [1.54, 1.807) is 0 Å². The number of unbranched alkanes of at least 4 members (excludes halogenated alkanes) is 12. The fourth-order valence-corrected chi connectivity index (χ4v) is 4.75. The number of Topliss-reactive ketones (excluding diaryl/α,β-unsaturated/α-hetero) is 1. The van der Waals surface area contributed by atoms with Gasteiger partial charge in [-0.25, -0.2) is 4.79 Å². The maximum Gasteiger partial charge on any atom is 0.331 e. The third-order valence-corrected chi connectivity index (χ3v) is 6.89. The van der Waals surface area contributed by atoms with Gasteiger partial charge in [-0.2, -0.15) is 0 Å². The first-order valence-corrected chi connectivity index (χ1v) is 13.2. The number of hydrogen-bond acceptors (Lipinski definition) is 6. The highest BCUT2D eigenvalue weighted by Gasteiger charge is 2.52. The topological polar surface area (TPSA) is 122 Å². The van der Waals surface area contributed by atoms with Gasteiger partial charge in [0.1, 0.15) is 6.10 Å². The molecule has 2 rings (SSSR count). The molecular weight excluding hydrogens is 436 g/mol. The smallest absolute Gasteiger partial charge is 0.331 e. The zero-order valence-electron chi connectivity index (χ0n) is 21.0. The molecular formula is C26H44N2O6. The molecule has 0 bridgehead atoms. The molecule has 8 heteroatoms. The molecule has 194 valence electrons. The molecule has 2 heterocycles. The summed E-state index contributed by atoms with van der Waals surface area (Å²) in [5.41, 5.74) is -2.74. The van der Waals surface area contributed by atoms with Crippen molar-refractivity contribution in [1.29, 1.82) is 0 Å². The molecule has 1 aromatic rings. The normalized spacial score (nSPS) is 22.4. The average Bonchev–Trinajstić information content (AvgIpc) is 3.16. The molecule has 1 aliphatic rings. The molecule has 34 heavy (non-hydrogen) atoms. The monoisotopic (exact) mass is 480 g/mol. The number of aryl methyl sites for hydroxylation is 1. The number of nitrogens with zero attached hydrogens (tertiary/aromatic N) is 1. The molecule has 0 amide bonds. The minimum absolute atomic E-state index is 0.138. The van der Waals surface area contributed by atoms with Gasteiger partial charge in [0.25, 0.3) is 5.56 Å². The highest BCUT2D eigenvalue weighted by Crippen LogP contribution is 2.36. The molecule has 1 fully saturated rings. The van der Waals surface area contributed by atoms with E-state index in [-0.39, 0.29) is 24.2 Å². The summed E-state index contributed by atoms with van der Waals surface area (Å²) in [4.78, 5) is 39.8. The van der Waals surface area contributed by atoms with Crippen LogP contribution < -0.4 is 11.2 Å². The van der Waals surface area contributed by atoms with E-state index in [0.29, 0.717) is 6.42 Å². The molecule has 3 N–H and O–H groups in total. The molecule has 0 aliphatic carbocycles. The fraction of sp³-hybridized carbons (Fsp3) is 0.808. The van der Waals surface area contributed by atoms with E-state index >= 15 is 0 Å². The van der Waals surface area contributed by atoms with Crippen LogP contribution in [0.1, 0.15) is 109 Å². The van der Waals surface area contributed by atoms with Gasteiger partial charge < -0.3 is 14.9 Å². The number of ether oxygens (including phenoxy) is 1. The Kier molecular flexibility index (Phi) is 12.2. The minimum Gasteiger partial charge on any atom is -0.394 e. The number of carbonyl (C=O) groups is 1. The summed E-state index contributed by atoms with van der Waals surface area (Å²) in [5.74, 6) is -0.320. The van der Waals surface area contributed by atoms with Crippen LogP contribution in [0.5, 0.6) is 0 Å². The summed E-state index contributed by atoms with van der Waals surface area (Å²) in [7, 11) is 0. The predicted octanol–water partition coefficient (Wildman–Crippen LogP) is 3.69. The average molecular weight is 481 g/mol. The molecule has 1 aromatic heterocycles. The van der Waals surface area contributed by atoms with E-state index in [4.69, 9.17) is 4.74 Å². The van der Waals surface area contributed by atoms with Crippen LogP contribution in [0.15, 0.2) is 15.8 Å². The third kappa shape index (κ3) is 7.89. The Morgan fingerprint density at radius 3 is 2.06 bits per heavy atom. The Hall–Kier alpha value is -1.77. The van der Waals surface area contributed by atoms with Gasteiger partial charge in [-0.3, -0.25) is 19.1 Å². The number of aliphatic hydroxyl groups is 2. The number of H-pyrrole nitrogens is 1. The van der Waals surface area contributed by atoms with E-state index < -0.39 is 35.8 Å². The number of aromatic amines is 1. The van der Waals surface area contributed by atoms with Crippen molar-refractivity contribution in [3.05, 3.63) is 32.6 Å². The molecule has 3 atom stereocenters. The number of rotatable bonds is 17. The second-order valence-corrected chi connectivity index (χ2v) is 9.75. The first kappa shape index (κ1) is 28.5. The Bertz CT molecular complexity index is 864. The van der Waals surface area contributed by atoms with Crippen molar-refractivity contribution in [3.63, 3.8) is 0 Å². The Morgan fingerprint density at radius 2 is 1.56 bits per heavy atom. The second-order valence-electron chi connectivity index (χ2n) is 9.75. The van der Waals surface area contributed by atoms with Crippen molar-refractivity contribution in [1.82, 2.24) is 9.55 Å². The Labute approximate surface area is 202 Å². The molecule has 0 spiro atoms. The van der Waals surface area contributed by atoms with Crippen molar-refractivity contribution in [2.75, 3.05) is 6.61 Å². The second kappa shape index (κ2) is 14.6. The van der Waals surface area contributed by atoms with Gasteiger partial charge in [0.15, 0.2) is 5.78 Å². The van der Waals surface area contributed by atoms with Gasteiger partial charge >= 0.3 is 5.69 Å². The summed E-state index contributed by atoms with van der Waals surface area (Å²) in [6.07, 6.45) is 14.9. The number of ketones is 1. The first-order chi connectivity index (χ1) is 16.4. The van der Waals surface area contributed by atoms with Gasteiger partial charge in [0.05, 0.1) is 12.7 Å². The van der Waals surface area contributed by atoms with Gasteiger partial charge in [-0.1, -0.05) is 84.0 Å². The van der Waals surface area contributed by atoms with Crippen molar-refractivity contribution in [3.8, 4) is 0 Å². The van der Waals surface area contributed by atoms with Gasteiger partial charge in [-0.05, 0) is 13.3 Å². The molecule has 0 unspecified atom stereocenters. The lowest BCUT2D eigenvalue weighted by Crippen LogP contribution is -2.50. The van der Waals surface area contributed by atoms with Crippen molar-refractivity contribution in [2.45, 2.75) is 128 Å². The van der Waals surface area contributed by atoms with Gasteiger partial charge in [0, 0.05) is 24.6 Å². The van der Waals surface area contributed by atoms with E-state index in [1.165, 1.54) is 70.9 Å². The number of carbonyl (C=O) groups excluding carboxylic acids is 1. The zero-order valence-corrected chi connectivity index (χ0v) is 21.0. The number of aromatic nitrogens is 2. The highest BCUT2D eigenvalue weighted by atomic mass is 16.6. The molecule has 0 radical (unpaired) electrons. The van der Waals surface area contributed by atoms with Crippen LogP contribution in [-0.2, 0) is 15.3 Å². The lowest BCUT2D eigenvalue weighted by Gasteiger charge is -2.29. The number of nitrogens with one attached hydrogen (secondary N) is 1. The van der Waals surface area contributed by atoms with E-state index in [2.05, 4.69) is 11.9 Å². The number of aliphatic hydroxyl groups excluding tert-OH is 2. The summed E-state index contributed by atoms with van der Waals surface area (Å²) < 4.78 is 6.87. The van der Waals surface area contributed by atoms with Gasteiger partial charge in [-0.15, -0.1) is 0 Å². The molecule has 0 aromatic carbocycles. The molecule has 0 saturated carbocycles. The van der Waals surface area contributed by atoms with Crippen LogP contribution in [0.25, 0.3) is 0 Å². The largest absolute Gasteiger partial charge is 0.394 e. The molecule has 1 aliphatic heterocycles. The first-order valence-electron chi connectivity index (χ1n) is 13.2. The lowest BCUT2D eigenvalue weighted by molar-refractivity contribution is -0.162.